The van der Waals surface area contributed by atoms with Crippen LogP contribution in [0.3, 0.4) is 0 Å². The molecule has 0 bridgehead atoms. The van der Waals surface area contributed by atoms with Gasteiger partial charge in [0.2, 0.25) is 0 Å². The first-order chi connectivity index (χ1) is 8.16. The third kappa shape index (κ3) is 2.64. The van der Waals surface area contributed by atoms with Gasteiger partial charge >= 0.3 is 5.97 Å². The zero-order valence-electron chi connectivity index (χ0n) is 9.13. The van der Waals surface area contributed by atoms with Gasteiger partial charge in [0.1, 0.15) is 5.75 Å². The van der Waals surface area contributed by atoms with E-state index in [2.05, 4.69) is 0 Å². The van der Waals surface area contributed by atoms with Gasteiger partial charge in [0.15, 0.2) is 0 Å². The molecule has 0 atom stereocenters. The summed E-state index contributed by atoms with van der Waals surface area (Å²) in [6.07, 6.45) is 0.0149. The maximum Gasteiger partial charge on any atom is 0.307 e. The summed E-state index contributed by atoms with van der Waals surface area (Å²) in [5.41, 5.74) is 2.36. The first kappa shape index (κ1) is 11.2. The van der Waals surface area contributed by atoms with Crippen LogP contribution in [-0.4, -0.2) is 16.2 Å². The van der Waals surface area contributed by atoms with E-state index in [1.165, 1.54) is 0 Å². The number of aliphatic carboxylic acids is 1. The lowest BCUT2D eigenvalue weighted by Gasteiger charge is -2.05. The molecule has 0 unspecified atom stereocenters. The average Bonchev–Trinajstić information content (AvgIpc) is 2.30. The average molecular weight is 228 g/mol. The summed E-state index contributed by atoms with van der Waals surface area (Å²) >= 11 is 0. The lowest BCUT2D eigenvalue weighted by Crippen LogP contribution is -1.99. The molecule has 0 saturated heterocycles. The second-order valence-electron chi connectivity index (χ2n) is 3.78. The van der Waals surface area contributed by atoms with Gasteiger partial charge in [0.05, 0.1) is 6.42 Å². The minimum Gasteiger partial charge on any atom is -0.507 e. The lowest BCUT2D eigenvalue weighted by atomic mass is 10.0. The highest BCUT2D eigenvalue weighted by Gasteiger charge is 2.04. The van der Waals surface area contributed by atoms with Crippen LogP contribution in [0.25, 0.3) is 11.1 Å². The van der Waals surface area contributed by atoms with Crippen LogP contribution in [0.1, 0.15) is 5.56 Å². The predicted octanol–water partition coefficient (Wildman–Crippen LogP) is 2.69. The van der Waals surface area contributed by atoms with Gasteiger partial charge in [-0.1, -0.05) is 42.5 Å². The zero-order valence-corrected chi connectivity index (χ0v) is 9.13. The molecule has 3 heteroatoms. The van der Waals surface area contributed by atoms with Crippen LogP contribution in [0.5, 0.6) is 5.75 Å². The Labute approximate surface area is 99.0 Å². The van der Waals surface area contributed by atoms with Crippen molar-refractivity contribution in [2.75, 3.05) is 0 Å². The maximum atomic E-state index is 10.5. The number of rotatable bonds is 3. The largest absolute Gasteiger partial charge is 0.507 e. The van der Waals surface area contributed by atoms with Crippen molar-refractivity contribution in [1.29, 1.82) is 0 Å². The van der Waals surface area contributed by atoms with E-state index in [1.807, 2.05) is 24.3 Å². The Balaban J connectivity index is 2.30. The Hall–Kier alpha value is -2.29. The van der Waals surface area contributed by atoms with Crippen LogP contribution in [0.4, 0.5) is 0 Å². The van der Waals surface area contributed by atoms with Crippen LogP contribution in [0.15, 0.2) is 48.5 Å². The third-order valence-corrected chi connectivity index (χ3v) is 2.52. The summed E-state index contributed by atoms with van der Waals surface area (Å²) in [6.45, 7) is 0. The Morgan fingerprint density at radius 2 is 1.65 bits per heavy atom. The number of phenolic OH excluding ortho intramolecular Hbond substituents is 1. The molecular formula is C14H12O3. The molecule has 2 rings (SSSR count). The molecule has 0 fully saturated rings. The maximum absolute atomic E-state index is 10.5. The van der Waals surface area contributed by atoms with Crippen LogP contribution in [0.2, 0.25) is 0 Å². The molecule has 86 valence electrons. The lowest BCUT2D eigenvalue weighted by molar-refractivity contribution is -0.136. The number of carboxylic acid groups (broad SMARTS) is 1. The molecule has 2 aromatic carbocycles. The molecule has 2 aromatic rings. The molecule has 0 aromatic heterocycles. The van der Waals surface area contributed by atoms with Crippen molar-refractivity contribution in [2.45, 2.75) is 6.42 Å². The number of carbonyl (C=O) groups is 1. The Morgan fingerprint density at radius 3 is 2.24 bits per heavy atom. The topological polar surface area (TPSA) is 57.5 Å². The van der Waals surface area contributed by atoms with Gasteiger partial charge in [-0.25, -0.2) is 0 Å². The van der Waals surface area contributed by atoms with Crippen LogP contribution in [-0.2, 0) is 11.2 Å². The first-order valence-corrected chi connectivity index (χ1v) is 5.26. The first-order valence-electron chi connectivity index (χ1n) is 5.26. The smallest absolute Gasteiger partial charge is 0.307 e. The summed E-state index contributed by atoms with van der Waals surface area (Å²) in [4.78, 5) is 10.5. The highest BCUT2D eigenvalue weighted by Crippen LogP contribution is 2.28. The molecule has 2 N–H and O–H groups in total. The number of carboxylic acids is 1. The predicted molar refractivity (Wildman–Crippen MR) is 64.9 cm³/mol. The zero-order chi connectivity index (χ0) is 12.3. The van der Waals surface area contributed by atoms with Gasteiger partial charge in [-0.15, -0.1) is 0 Å². The minimum atomic E-state index is -0.847. The number of benzene rings is 2. The normalized spacial score (nSPS) is 10.1. The Bertz CT molecular complexity index is 529. The molecule has 0 radical (unpaired) electrons. The van der Waals surface area contributed by atoms with Crippen molar-refractivity contribution < 1.29 is 15.0 Å². The monoisotopic (exact) mass is 228 g/mol. The van der Waals surface area contributed by atoms with Gasteiger partial charge in [0, 0.05) is 5.56 Å². The van der Waals surface area contributed by atoms with Gasteiger partial charge in [-0.05, 0) is 17.2 Å². The Morgan fingerprint density at radius 1 is 1.00 bits per heavy atom. The highest BCUT2D eigenvalue weighted by atomic mass is 16.4. The summed E-state index contributed by atoms with van der Waals surface area (Å²) in [5, 5.41) is 18.3. The molecule has 0 aliphatic heterocycles. The second kappa shape index (κ2) is 4.70. The standard InChI is InChI=1S/C14H12O3/c15-13-4-2-1-3-12(13)11-7-5-10(6-8-11)9-14(16)17/h1-8,15H,9H2,(H,16,17). The summed E-state index contributed by atoms with van der Waals surface area (Å²) < 4.78 is 0. The van der Waals surface area contributed by atoms with E-state index in [1.54, 1.807) is 24.3 Å². The summed E-state index contributed by atoms with van der Waals surface area (Å²) in [5.74, 6) is -0.626. The van der Waals surface area contributed by atoms with Crippen LogP contribution < -0.4 is 0 Å². The van der Waals surface area contributed by atoms with E-state index in [0.29, 0.717) is 0 Å². The fraction of sp³-hybridized carbons (Fsp3) is 0.0714. The van der Waals surface area contributed by atoms with Crippen LogP contribution in [0, 0.1) is 0 Å². The molecule has 0 amide bonds. The quantitative estimate of drug-likeness (QED) is 0.849. The minimum absolute atomic E-state index is 0.0149. The van der Waals surface area contributed by atoms with Gasteiger partial charge in [-0.2, -0.15) is 0 Å². The molecule has 0 saturated carbocycles. The SMILES string of the molecule is O=C(O)Cc1ccc(-c2ccccc2O)cc1. The molecule has 0 spiro atoms. The highest BCUT2D eigenvalue weighted by molar-refractivity contribution is 5.72. The van der Waals surface area contributed by atoms with Gasteiger partial charge in [-0.3, -0.25) is 4.79 Å². The van der Waals surface area contributed by atoms with Crippen molar-refractivity contribution in [2.24, 2.45) is 0 Å². The molecule has 0 aliphatic rings. The van der Waals surface area contributed by atoms with Gasteiger partial charge in [0.25, 0.3) is 0 Å². The molecule has 0 heterocycles. The van der Waals surface area contributed by atoms with E-state index >= 15 is 0 Å². The fourth-order valence-corrected chi connectivity index (χ4v) is 1.69. The Kier molecular flexibility index (Phi) is 3.10. The van der Waals surface area contributed by atoms with E-state index < -0.39 is 5.97 Å². The number of hydrogen-bond donors (Lipinski definition) is 2. The molecular weight excluding hydrogens is 216 g/mol. The second-order valence-corrected chi connectivity index (χ2v) is 3.78. The van der Waals surface area contributed by atoms with Crippen LogP contribution >= 0.6 is 0 Å². The summed E-state index contributed by atoms with van der Waals surface area (Å²) in [7, 11) is 0. The van der Waals surface area contributed by atoms with E-state index in [9.17, 15) is 9.90 Å². The van der Waals surface area contributed by atoms with E-state index in [4.69, 9.17) is 5.11 Å². The molecule has 3 nitrogen and oxygen atoms in total. The number of para-hydroxylation sites is 1. The summed E-state index contributed by atoms with van der Waals surface area (Å²) in [6, 6.07) is 14.2. The van der Waals surface area contributed by atoms with Crippen molar-refractivity contribution in [3.63, 3.8) is 0 Å². The third-order valence-electron chi connectivity index (χ3n) is 2.52. The number of phenols is 1. The van der Waals surface area contributed by atoms with E-state index in [0.717, 1.165) is 16.7 Å². The number of aromatic hydroxyl groups is 1. The molecule has 0 aliphatic carbocycles. The fourth-order valence-electron chi connectivity index (χ4n) is 1.69. The van der Waals surface area contributed by atoms with Crippen molar-refractivity contribution in [1.82, 2.24) is 0 Å². The van der Waals surface area contributed by atoms with Gasteiger partial charge < -0.3 is 10.2 Å². The van der Waals surface area contributed by atoms with Crippen molar-refractivity contribution in [3.8, 4) is 16.9 Å². The molecule has 17 heavy (non-hydrogen) atoms. The van der Waals surface area contributed by atoms with Crippen molar-refractivity contribution >= 4 is 5.97 Å². The number of hydrogen-bond acceptors (Lipinski definition) is 2. The van der Waals surface area contributed by atoms with Crippen molar-refractivity contribution in [3.05, 3.63) is 54.1 Å². The van der Waals surface area contributed by atoms with E-state index in [-0.39, 0.29) is 12.2 Å².